The lowest BCUT2D eigenvalue weighted by Gasteiger charge is -2.06. The van der Waals surface area contributed by atoms with Gasteiger partial charge in [-0.05, 0) is 19.9 Å². The molecule has 3 aromatic rings. The van der Waals surface area contributed by atoms with Gasteiger partial charge in [-0.25, -0.2) is 4.98 Å². The number of benzene rings is 1. The molecular weight excluding hydrogens is 252 g/mol. The second kappa shape index (κ2) is 4.45. The van der Waals surface area contributed by atoms with E-state index in [0.29, 0.717) is 17.0 Å². The van der Waals surface area contributed by atoms with Gasteiger partial charge in [-0.3, -0.25) is 9.20 Å². The summed E-state index contributed by atoms with van der Waals surface area (Å²) < 4.78 is 1.71. The standard InChI is InChI=1S/C15H14N4O/c1-9-8-10(2)19-12(14(16)18-15(19)17-9)13(20)11-6-4-3-5-7-11/h3-8H,16H2,1-2H3. The van der Waals surface area contributed by atoms with Gasteiger partial charge >= 0.3 is 0 Å². The molecule has 0 aliphatic carbocycles. The number of ketones is 1. The van der Waals surface area contributed by atoms with Crippen molar-refractivity contribution in [1.82, 2.24) is 14.4 Å². The fourth-order valence-corrected chi connectivity index (χ4v) is 2.34. The predicted molar refractivity (Wildman–Crippen MR) is 76.7 cm³/mol. The van der Waals surface area contributed by atoms with Gasteiger partial charge in [-0.1, -0.05) is 30.3 Å². The first-order valence-corrected chi connectivity index (χ1v) is 6.30. The smallest absolute Gasteiger partial charge is 0.236 e. The van der Waals surface area contributed by atoms with Gasteiger partial charge in [0.05, 0.1) is 0 Å². The van der Waals surface area contributed by atoms with Crippen LogP contribution in [0.3, 0.4) is 0 Å². The van der Waals surface area contributed by atoms with E-state index in [1.54, 1.807) is 16.5 Å². The minimum Gasteiger partial charge on any atom is -0.382 e. The number of aromatic nitrogens is 3. The van der Waals surface area contributed by atoms with Crippen LogP contribution in [0.2, 0.25) is 0 Å². The third-order valence-corrected chi connectivity index (χ3v) is 3.18. The molecule has 5 nitrogen and oxygen atoms in total. The predicted octanol–water partition coefficient (Wildman–Crippen LogP) is 2.16. The number of aryl methyl sites for hydroxylation is 2. The lowest BCUT2D eigenvalue weighted by molar-refractivity contribution is 0.103. The summed E-state index contributed by atoms with van der Waals surface area (Å²) in [6.07, 6.45) is 0. The van der Waals surface area contributed by atoms with Crippen LogP contribution in [-0.2, 0) is 0 Å². The summed E-state index contributed by atoms with van der Waals surface area (Å²) in [4.78, 5) is 21.1. The van der Waals surface area contributed by atoms with Crippen molar-refractivity contribution in [1.29, 1.82) is 0 Å². The van der Waals surface area contributed by atoms with E-state index < -0.39 is 0 Å². The van der Waals surface area contributed by atoms with Crippen molar-refractivity contribution in [3.63, 3.8) is 0 Å². The van der Waals surface area contributed by atoms with Gasteiger partial charge in [0.2, 0.25) is 11.6 Å². The number of imidazole rings is 1. The fraction of sp³-hybridized carbons (Fsp3) is 0.133. The molecule has 100 valence electrons. The van der Waals surface area contributed by atoms with E-state index in [0.717, 1.165) is 11.4 Å². The number of rotatable bonds is 2. The monoisotopic (exact) mass is 266 g/mol. The Morgan fingerprint density at radius 1 is 1.15 bits per heavy atom. The summed E-state index contributed by atoms with van der Waals surface area (Å²) in [6.45, 7) is 3.79. The summed E-state index contributed by atoms with van der Waals surface area (Å²) in [7, 11) is 0. The van der Waals surface area contributed by atoms with Crippen molar-refractivity contribution in [3.8, 4) is 0 Å². The van der Waals surface area contributed by atoms with Crippen molar-refractivity contribution < 1.29 is 4.79 Å². The molecule has 0 fully saturated rings. The average Bonchev–Trinajstić information content (AvgIpc) is 2.75. The Bertz CT molecular complexity index is 806. The Balaban J connectivity index is 2.27. The van der Waals surface area contributed by atoms with Crippen molar-refractivity contribution in [2.45, 2.75) is 13.8 Å². The zero-order chi connectivity index (χ0) is 14.3. The van der Waals surface area contributed by atoms with Crippen LogP contribution in [0.5, 0.6) is 0 Å². The Kier molecular flexibility index (Phi) is 2.75. The van der Waals surface area contributed by atoms with E-state index in [4.69, 9.17) is 5.73 Å². The topological polar surface area (TPSA) is 73.3 Å². The normalized spacial score (nSPS) is 10.9. The van der Waals surface area contributed by atoms with Crippen molar-refractivity contribution in [3.05, 3.63) is 59.0 Å². The molecule has 0 aliphatic heterocycles. The third kappa shape index (κ3) is 1.84. The summed E-state index contributed by atoms with van der Waals surface area (Å²) in [5.41, 5.74) is 8.60. The molecule has 0 amide bonds. The summed E-state index contributed by atoms with van der Waals surface area (Å²) in [6, 6.07) is 10.9. The molecule has 0 aliphatic rings. The SMILES string of the molecule is Cc1cc(C)n2c(C(=O)c3ccccc3)c(N)nc2n1. The van der Waals surface area contributed by atoms with Crippen molar-refractivity contribution >= 4 is 17.4 Å². The Morgan fingerprint density at radius 2 is 1.85 bits per heavy atom. The number of hydrogen-bond acceptors (Lipinski definition) is 4. The van der Waals surface area contributed by atoms with Crippen LogP contribution >= 0.6 is 0 Å². The van der Waals surface area contributed by atoms with E-state index in [1.165, 1.54) is 0 Å². The molecule has 0 spiro atoms. The summed E-state index contributed by atoms with van der Waals surface area (Å²) in [5, 5.41) is 0. The number of hydrogen-bond donors (Lipinski definition) is 1. The fourth-order valence-electron chi connectivity index (χ4n) is 2.34. The quantitative estimate of drug-likeness (QED) is 0.721. The first-order chi connectivity index (χ1) is 9.58. The second-order valence-corrected chi connectivity index (χ2v) is 4.72. The largest absolute Gasteiger partial charge is 0.382 e. The van der Waals surface area contributed by atoms with Crippen LogP contribution in [0.15, 0.2) is 36.4 Å². The third-order valence-electron chi connectivity index (χ3n) is 3.18. The van der Waals surface area contributed by atoms with Crippen LogP contribution in [0.4, 0.5) is 5.82 Å². The van der Waals surface area contributed by atoms with Crippen LogP contribution < -0.4 is 5.73 Å². The van der Waals surface area contributed by atoms with Gasteiger partial charge < -0.3 is 5.73 Å². The number of nitrogen functional groups attached to an aromatic ring is 1. The van der Waals surface area contributed by atoms with Gasteiger partial charge in [0, 0.05) is 17.0 Å². The van der Waals surface area contributed by atoms with Crippen molar-refractivity contribution in [2.24, 2.45) is 0 Å². The summed E-state index contributed by atoms with van der Waals surface area (Å²) >= 11 is 0. The zero-order valence-corrected chi connectivity index (χ0v) is 11.3. The van der Waals surface area contributed by atoms with E-state index >= 15 is 0 Å². The lowest BCUT2D eigenvalue weighted by Crippen LogP contribution is -2.10. The highest BCUT2D eigenvalue weighted by atomic mass is 16.1. The maximum absolute atomic E-state index is 12.6. The molecule has 20 heavy (non-hydrogen) atoms. The molecule has 0 atom stereocenters. The second-order valence-electron chi connectivity index (χ2n) is 4.72. The van der Waals surface area contributed by atoms with Crippen molar-refractivity contribution in [2.75, 3.05) is 5.73 Å². The van der Waals surface area contributed by atoms with Gasteiger partial charge in [0.1, 0.15) is 5.69 Å². The molecule has 5 heteroatoms. The Labute approximate surface area is 116 Å². The molecule has 0 saturated carbocycles. The molecular formula is C15H14N4O. The molecule has 0 unspecified atom stereocenters. The van der Waals surface area contributed by atoms with Gasteiger partial charge in [-0.2, -0.15) is 4.98 Å². The molecule has 2 N–H and O–H groups in total. The van der Waals surface area contributed by atoms with E-state index in [2.05, 4.69) is 9.97 Å². The number of anilines is 1. The highest BCUT2D eigenvalue weighted by molar-refractivity contribution is 6.11. The number of nitrogens with zero attached hydrogens (tertiary/aromatic N) is 3. The van der Waals surface area contributed by atoms with E-state index in [1.807, 2.05) is 38.1 Å². The average molecular weight is 266 g/mol. The number of fused-ring (bicyclic) bond motifs is 1. The molecule has 0 radical (unpaired) electrons. The molecule has 2 aromatic heterocycles. The summed E-state index contributed by atoms with van der Waals surface area (Å²) in [5.74, 6) is 0.517. The minimum atomic E-state index is -0.149. The number of carbonyl (C=O) groups excluding carboxylic acids is 1. The van der Waals surface area contributed by atoms with Gasteiger partial charge in [0.25, 0.3) is 0 Å². The van der Waals surface area contributed by atoms with E-state index in [-0.39, 0.29) is 11.6 Å². The molecule has 0 saturated heterocycles. The van der Waals surface area contributed by atoms with Gasteiger partial charge in [0.15, 0.2) is 5.82 Å². The molecule has 2 heterocycles. The molecule has 1 aromatic carbocycles. The highest BCUT2D eigenvalue weighted by Gasteiger charge is 2.20. The van der Waals surface area contributed by atoms with Gasteiger partial charge in [-0.15, -0.1) is 0 Å². The lowest BCUT2D eigenvalue weighted by atomic mass is 10.1. The van der Waals surface area contributed by atoms with E-state index in [9.17, 15) is 4.79 Å². The van der Waals surface area contributed by atoms with Crippen LogP contribution in [-0.4, -0.2) is 20.2 Å². The molecule has 0 bridgehead atoms. The van der Waals surface area contributed by atoms with Crippen LogP contribution in [0.1, 0.15) is 27.4 Å². The first kappa shape index (κ1) is 12.3. The highest BCUT2D eigenvalue weighted by Crippen LogP contribution is 2.20. The number of carbonyl (C=O) groups is 1. The van der Waals surface area contributed by atoms with Crippen LogP contribution in [0.25, 0.3) is 5.78 Å². The zero-order valence-electron chi connectivity index (χ0n) is 11.3. The molecule has 3 rings (SSSR count). The first-order valence-electron chi connectivity index (χ1n) is 6.30. The van der Waals surface area contributed by atoms with Crippen LogP contribution in [0, 0.1) is 13.8 Å². The Morgan fingerprint density at radius 3 is 2.55 bits per heavy atom. The number of nitrogens with two attached hydrogens (primary N) is 1. The Hall–Kier alpha value is -2.69. The maximum Gasteiger partial charge on any atom is 0.236 e. The maximum atomic E-state index is 12.6. The minimum absolute atomic E-state index is 0.149.